The molecule has 1 fully saturated rings. The van der Waals surface area contributed by atoms with Crippen LogP contribution in [0.25, 0.3) is 0 Å². The van der Waals surface area contributed by atoms with Crippen molar-refractivity contribution in [2.45, 2.75) is 6.92 Å². The fraction of sp³-hybridized carbons (Fsp3) is 0.875. The molecule has 3 heteroatoms. The molecule has 0 aromatic carbocycles. The highest BCUT2D eigenvalue weighted by Crippen LogP contribution is 2.17. The average Bonchev–Trinajstić information content (AvgIpc) is 2.33. The molecule has 3 nitrogen and oxygen atoms in total. The van der Waals surface area contributed by atoms with Gasteiger partial charge in [0.25, 0.3) is 0 Å². The number of nitrogens with one attached hydrogen (secondary N) is 1. The Balaban J connectivity index is 2.53. The van der Waals surface area contributed by atoms with Crippen LogP contribution in [-0.2, 0) is 4.79 Å². The van der Waals surface area contributed by atoms with Crippen LogP contribution in [0.15, 0.2) is 0 Å². The molecular weight excluding hydrogens is 140 g/mol. The van der Waals surface area contributed by atoms with E-state index in [1.54, 1.807) is 4.90 Å². The van der Waals surface area contributed by atoms with E-state index >= 15 is 0 Å². The van der Waals surface area contributed by atoms with Gasteiger partial charge in [0.2, 0.25) is 5.91 Å². The highest BCUT2D eigenvalue weighted by atomic mass is 16.2. The van der Waals surface area contributed by atoms with Crippen LogP contribution >= 0.6 is 0 Å². The molecule has 2 atom stereocenters. The number of nitrogens with zero attached hydrogens (tertiary/aromatic N) is 1. The lowest BCUT2D eigenvalue weighted by molar-refractivity contribution is -0.133. The molecule has 0 aromatic rings. The highest BCUT2D eigenvalue weighted by molar-refractivity contribution is 5.79. The van der Waals surface area contributed by atoms with Crippen LogP contribution in [0.5, 0.6) is 0 Å². The first-order chi connectivity index (χ1) is 5.13. The molecule has 1 amide bonds. The zero-order valence-corrected chi connectivity index (χ0v) is 7.42. The van der Waals surface area contributed by atoms with Gasteiger partial charge in [-0.05, 0) is 12.5 Å². The van der Waals surface area contributed by atoms with Gasteiger partial charge in [0.1, 0.15) is 0 Å². The fourth-order valence-electron chi connectivity index (χ4n) is 1.47. The predicted octanol–water partition coefficient (Wildman–Crippen LogP) is -0.0699. The topological polar surface area (TPSA) is 32.3 Å². The van der Waals surface area contributed by atoms with Crippen LogP contribution in [0.1, 0.15) is 6.92 Å². The predicted molar refractivity (Wildman–Crippen MR) is 44.2 cm³/mol. The molecule has 0 aromatic heterocycles. The van der Waals surface area contributed by atoms with Gasteiger partial charge in [-0.3, -0.25) is 4.79 Å². The van der Waals surface area contributed by atoms with Crippen molar-refractivity contribution in [3.05, 3.63) is 0 Å². The van der Waals surface area contributed by atoms with E-state index in [-0.39, 0.29) is 11.8 Å². The van der Waals surface area contributed by atoms with Gasteiger partial charge in [-0.2, -0.15) is 0 Å². The number of rotatable bonds is 1. The molecule has 0 aliphatic carbocycles. The molecule has 0 saturated carbocycles. The van der Waals surface area contributed by atoms with Gasteiger partial charge >= 0.3 is 0 Å². The summed E-state index contributed by atoms with van der Waals surface area (Å²) in [6.45, 7) is 3.94. The third-order valence-corrected chi connectivity index (χ3v) is 2.28. The molecule has 64 valence electrons. The fourth-order valence-corrected chi connectivity index (χ4v) is 1.47. The lowest BCUT2D eigenvalue weighted by atomic mass is 9.97. The van der Waals surface area contributed by atoms with Crippen LogP contribution in [0, 0.1) is 11.8 Å². The van der Waals surface area contributed by atoms with Crippen LogP contribution in [0.4, 0.5) is 0 Å². The van der Waals surface area contributed by atoms with Crippen molar-refractivity contribution < 1.29 is 4.79 Å². The van der Waals surface area contributed by atoms with Crippen LogP contribution in [0.2, 0.25) is 0 Å². The molecule has 0 unspecified atom stereocenters. The van der Waals surface area contributed by atoms with Crippen molar-refractivity contribution in [2.24, 2.45) is 11.8 Å². The third kappa shape index (κ3) is 1.71. The largest absolute Gasteiger partial charge is 0.349 e. The van der Waals surface area contributed by atoms with Gasteiger partial charge in [-0.15, -0.1) is 0 Å². The molecule has 0 spiro atoms. The molecule has 1 N–H and O–H groups in total. The second-order valence-corrected chi connectivity index (χ2v) is 3.47. The monoisotopic (exact) mass is 156 g/mol. The Morgan fingerprint density at radius 1 is 1.45 bits per heavy atom. The number of hydrogen-bond acceptors (Lipinski definition) is 2. The summed E-state index contributed by atoms with van der Waals surface area (Å²) in [5, 5.41) is 3.21. The minimum Gasteiger partial charge on any atom is -0.349 e. The second-order valence-electron chi connectivity index (χ2n) is 3.47. The van der Waals surface area contributed by atoms with E-state index in [4.69, 9.17) is 0 Å². The van der Waals surface area contributed by atoms with Crippen molar-refractivity contribution in [3.63, 3.8) is 0 Å². The van der Waals surface area contributed by atoms with Crippen molar-refractivity contribution in [2.75, 3.05) is 27.2 Å². The maximum absolute atomic E-state index is 11.4. The second kappa shape index (κ2) is 3.22. The summed E-state index contributed by atoms with van der Waals surface area (Å²) in [7, 11) is 3.63. The van der Waals surface area contributed by atoms with Crippen LogP contribution in [-0.4, -0.2) is 38.0 Å². The molecule has 1 saturated heterocycles. The molecule has 1 heterocycles. The Morgan fingerprint density at radius 2 is 2.09 bits per heavy atom. The summed E-state index contributed by atoms with van der Waals surface area (Å²) in [5.41, 5.74) is 0. The SMILES string of the molecule is C[C@H]1CNC[C@@H]1C(=O)N(C)C. The lowest BCUT2D eigenvalue weighted by Gasteiger charge is -2.18. The summed E-state index contributed by atoms with van der Waals surface area (Å²) in [5.74, 6) is 0.942. The van der Waals surface area contributed by atoms with E-state index in [2.05, 4.69) is 12.2 Å². The van der Waals surface area contributed by atoms with Gasteiger partial charge < -0.3 is 10.2 Å². The molecule has 1 rings (SSSR count). The zero-order chi connectivity index (χ0) is 8.43. The smallest absolute Gasteiger partial charge is 0.226 e. The normalized spacial score (nSPS) is 30.5. The zero-order valence-electron chi connectivity index (χ0n) is 7.42. The van der Waals surface area contributed by atoms with E-state index in [1.807, 2.05) is 14.1 Å². The van der Waals surface area contributed by atoms with Crippen LogP contribution in [0.3, 0.4) is 0 Å². The Labute approximate surface area is 67.8 Å². The van der Waals surface area contributed by atoms with Crippen LogP contribution < -0.4 is 5.32 Å². The molecule has 1 aliphatic heterocycles. The Morgan fingerprint density at radius 3 is 2.45 bits per heavy atom. The summed E-state index contributed by atoms with van der Waals surface area (Å²) in [6.07, 6.45) is 0. The first-order valence-electron chi connectivity index (χ1n) is 4.05. The number of carbonyl (C=O) groups is 1. The van der Waals surface area contributed by atoms with Gasteiger partial charge in [0, 0.05) is 20.6 Å². The number of carbonyl (C=O) groups excluding carboxylic acids is 1. The van der Waals surface area contributed by atoms with E-state index in [9.17, 15) is 4.79 Å². The minimum absolute atomic E-state index is 0.199. The molecule has 0 bridgehead atoms. The lowest BCUT2D eigenvalue weighted by Crippen LogP contribution is -2.33. The quantitative estimate of drug-likeness (QED) is 0.576. The van der Waals surface area contributed by atoms with E-state index in [1.165, 1.54) is 0 Å². The summed E-state index contributed by atoms with van der Waals surface area (Å²) >= 11 is 0. The maximum atomic E-state index is 11.4. The first kappa shape index (κ1) is 8.53. The summed E-state index contributed by atoms with van der Waals surface area (Å²) in [4.78, 5) is 13.1. The van der Waals surface area contributed by atoms with Crippen molar-refractivity contribution in [1.82, 2.24) is 10.2 Å². The van der Waals surface area contributed by atoms with E-state index in [0.717, 1.165) is 13.1 Å². The van der Waals surface area contributed by atoms with Crippen molar-refractivity contribution in [3.8, 4) is 0 Å². The standard InChI is InChI=1S/C8H16N2O/c1-6-4-9-5-7(6)8(11)10(2)3/h6-7,9H,4-5H2,1-3H3/t6-,7-/m0/s1. The van der Waals surface area contributed by atoms with Gasteiger partial charge in [0.05, 0.1) is 5.92 Å². The van der Waals surface area contributed by atoms with Crippen molar-refractivity contribution in [1.29, 1.82) is 0 Å². The summed E-state index contributed by atoms with van der Waals surface area (Å²) in [6, 6.07) is 0. The molecule has 11 heavy (non-hydrogen) atoms. The van der Waals surface area contributed by atoms with Gasteiger partial charge in [-0.25, -0.2) is 0 Å². The van der Waals surface area contributed by atoms with E-state index < -0.39 is 0 Å². The maximum Gasteiger partial charge on any atom is 0.226 e. The highest BCUT2D eigenvalue weighted by Gasteiger charge is 2.30. The minimum atomic E-state index is 0.199. The third-order valence-electron chi connectivity index (χ3n) is 2.28. The number of hydrogen-bond donors (Lipinski definition) is 1. The van der Waals surface area contributed by atoms with Gasteiger partial charge in [0.15, 0.2) is 0 Å². The Bertz CT molecular complexity index is 156. The average molecular weight is 156 g/mol. The Hall–Kier alpha value is -0.570. The molecule has 1 aliphatic rings. The van der Waals surface area contributed by atoms with E-state index in [0.29, 0.717) is 5.92 Å². The number of amides is 1. The van der Waals surface area contributed by atoms with Gasteiger partial charge in [-0.1, -0.05) is 6.92 Å². The summed E-state index contributed by atoms with van der Waals surface area (Å²) < 4.78 is 0. The molecular formula is C8H16N2O. The Kier molecular flexibility index (Phi) is 2.49. The molecule has 0 radical (unpaired) electrons. The van der Waals surface area contributed by atoms with Crippen molar-refractivity contribution >= 4 is 5.91 Å². The first-order valence-corrected chi connectivity index (χ1v) is 4.05.